The molecule has 0 unspecified atom stereocenters. The molecule has 2 heterocycles. The molecule has 0 fully saturated rings. The van der Waals surface area contributed by atoms with Gasteiger partial charge in [0.05, 0.1) is 7.11 Å². The lowest BCUT2D eigenvalue weighted by atomic mass is 10.3. The van der Waals surface area contributed by atoms with Crippen LogP contribution < -0.4 is 0 Å². The molecule has 0 bridgehead atoms. The Morgan fingerprint density at radius 2 is 2.05 bits per heavy atom. The van der Waals surface area contributed by atoms with E-state index in [-0.39, 0.29) is 5.82 Å². The molecular weight excluding hydrogens is 305 g/mol. The summed E-state index contributed by atoms with van der Waals surface area (Å²) in [6, 6.07) is 7.50. The second kappa shape index (κ2) is 5.76. The van der Waals surface area contributed by atoms with Crippen LogP contribution >= 0.6 is 11.8 Å². The Hall–Kier alpha value is -2.41. The second-order valence-corrected chi connectivity index (χ2v) is 5.24. The second-order valence-electron chi connectivity index (χ2n) is 4.47. The summed E-state index contributed by atoms with van der Waals surface area (Å²) in [5, 5.41) is 1.30. The van der Waals surface area contributed by atoms with E-state index < -0.39 is 5.97 Å². The number of nitrogens with zero attached hydrogens (tertiary/aromatic N) is 3. The van der Waals surface area contributed by atoms with Crippen molar-refractivity contribution in [1.29, 1.82) is 0 Å². The number of aromatic nitrogens is 3. The predicted molar refractivity (Wildman–Crippen MR) is 81.9 cm³/mol. The van der Waals surface area contributed by atoms with Crippen LogP contribution in [-0.4, -0.2) is 33.9 Å². The molecule has 0 amide bonds. The highest BCUT2D eigenvalue weighted by molar-refractivity contribution is 7.98. The van der Waals surface area contributed by atoms with Crippen molar-refractivity contribution >= 4 is 28.8 Å². The topological polar surface area (TPSA) is 57.0 Å². The van der Waals surface area contributed by atoms with Gasteiger partial charge in [-0.25, -0.2) is 19.2 Å². The van der Waals surface area contributed by atoms with Crippen molar-refractivity contribution < 1.29 is 13.9 Å². The van der Waals surface area contributed by atoms with Crippen LogP contribution in [0, 0.1) is 5.82 Å². The fourth-order valence-electron chi connectivity index (χ4n) is 2.18. The van der Waals surface area contributed by atoms with E-state index in [4.69, 9.17) is 4.74 Å². The van der Waals surface area contributed by atoms with E-state index in [1.54, 1.807) is 29.0 Å². The molecule has 0 aliphatic carbocycles. The maximum absolute atomic E-state index is 13.2. The minimum atomic E-state index is -0.493. The Morgan fingerprint density at radius 3 is 2.68 bits per heavy atom. The maximum Gasteiger partial charge on any atom is 0.355 e. The Kier molecular flexibility index (Phi) is 3.81. The fraction of sp³-hybridized carbons (Fsp3) is 0.133. The van der Waals surface area contributed by atoms with Gasteiger partial charge >= 0.3 is 5.97 Å². The average molecular weight is 317 g/mol. The van der Waals surface area contributed by atoms with E-state index in [1.807, 2.05) is 6.26 Å². The number of ether oxygens (including phenoxy) is 1. The number of rotatable bonds is 3. The zero-order valence-corrected chi connectivity index (χ0v) is 12.7. The molecule has 0 saturated carbocycles. The van der Waals surface area contributed by atoms with E-state index in [0.29, 0.717) is 27.6 Å². The third-order valence-corrected chi connectivity index (χ3v) is 3.74. The van der Waals surface area contributed by atoms with Crippen molar-refractivity contribution in [3.63, 3.8) is 0 Å². The molecule has 0 aliphatic rings. The highest BCUT2D eigenvalue weighted by Crippen LogP contribution is 2.25. The van der Waals surface area contributed by atoms with E-state index in [0.717, 1.165) is 0 Å². The van der Waals surface area contributed by atoms with Crippen molar-refractivity contribution in [3.05, 3.63) is 48.0 Å². The molecule has 3 aromatic rings. The number of esters is 1. The van der Waals surface area contributed by atoms with Crippen LogP contribution in [0.25, 0.3) is 16.7 Å². The summed E-state index contributed by atoms with van der Waals surface area (Å²) < 4.78 is 19.6. The molecule has 1 aromatic carbocycles. The maximum atomic E-state index is 13.2. The molecule has 5 nitrogen and oxygen atoms in total. The van der Waals surface area contributed by atoms with Crippen LogP contribution in [0.3, 0.4) is 0 Å². The van der Waals surface area contributed by atoms with E-state index in [2.05, 4.69) is 9.97 Å². The lowest BCUT2D eigenvalue weighted by Gasteiger charge is -2.09. The zero-order valence-electron chi connectivity index (χ0n) is 11.9. The minimum Gasteiger partial charge on any atom is -0.464 e. The fourth-order valence-corrected chi connectivity index (χ4v) is 2.51. The van der Waals surface area contributed by atoms with Gasteiger partial charge in [0.15, 0.2) is 5.16 Å². The van der Waals surface area contributed by atoms with Crippen LogP contribution in [-0.2, 0) is 4.74 Å². The quantitative estimate of drug-likeness (QED) is 0.422. The number of hydrogen-bond donors (Lipinski definition) is 0. The van der Waals surface area contributed by atoms with Crippen molar-refractivity contribution in [2.45, 2.75) is 5.16 Å². The first-order valence-corrected chi connectivity index (χ1v) is 7.63. The lowest BCUT2D eigenvalue weighted by molar-refractivity contribution is 0.0592. The summed E-state index contributed by atoms with van der Waals surface area (Å²) in [7, 11) is 1.31. The standard InChI is InChI=1S/C15H12FN3O2S/c1-21-14(20)12-7-9-8-17-15(22-2)18-13(9)19(12)11-5-3-10(16)4-6-11/h3-8H,1-2H3. The van der Waals surface area contributed by atoms with Gasteiger partial charge in [-0.3, -0.25) is 4.57 Å². The van der Waals surface area contributed by atoms with Gasteiger partial charge in [-0.1, -0.05) is 11.8 Å². The molecule has 112 valence electrons. The van der Waals surface area contributed by atoms with Crippen LogP contribution in [0.1, 0.15) is 10.5 Å². The van der Waals surface area contributed by atoms with E-state index in [1.165, 1.54) is 31.0 Å². The third-order valence-electron chi connectivity index (χ3n) is 3.18. The molecule has 7 heteroatoms. The molecule has 22 heavy (non-hydrogen) atoms. The normalized spacial score (nSPS) is 10.9. The number of halogens is 1. The molecule has 0 spiro atoms. The van der Waals surface area contributed by atoms with Crippen LogP contribution in [0.15, 0.2) is 41.7 Å². The molecule has 0 radical (unpaired) electrons. The largest absolute Gasteiger partial charge is 0.464 e. The van der Waals surface area contributed by atoms with Crippen LogP contribution in [0.4, 0.5) is 4.39 Å². The first-order valence-electron chi connectivity index (χ1n) is 6.41. The molecule has 0 saturated heterocycles. The molecule has 0 aliphatic heterocycles. The number of thioether (sulfide) groups is 1. The average Bonchev–Trinajstić information content (AvgIpc) is 2.93. The zero-order chi connectivity index (χ0) is 15.7. The van der Waals surface area contributed by atoms with Gasteiger partial charge in [0.1, 0.15) is 17.2 Å². The van der Waals surface area contributed by atoms with Gasteiger partial charge in [0.25, 0.3) is 0 Å². The summed E-state index contributed by atoms with van der Waals surface area (Å²) in [5.74, 6) is -0.840. The molecule has 3 rings (SSSR count). The van der Waals surface area contributed by atoms with Crippen molar-refractivity contribution in [2.75, 3.05) is 13.4 Å². The predicted octanol–water partition coefficient (Wildman–Crippen LogP) is 3.07. The van der Waals surface area contributed by atoms with Gasteiger partial charge in [-0.05, 0) is 36.6 Å². The lowest BCUT2D eigenvalue weighted by Crippen LogP contribution is -2.09. The summed E-state index contributed by atoms with van der Waals surface area (Å²) in [6.45, 7) is 0. The van der Waals surface area contributed by atoms with Crippen molar-refractivity contribution in [3.8, 4) is 5.69 Å². The summed E-state index contributed by atoms with van der Waals surface area (Å²) in [6.07, 6.45) is 3.52. The summed E-state index contributed by atoms with van der Waals surface area (Å²) >= 11 is 1.40. The van der Waals surface area contributed by atoms with Crippen molar-refractivity contribution in [1.82, 2.24) is 14.5 Å². The van der Waals surface area contributed by atoms with Crippen LogP contribution in [0.2, 0.25) is 0 Å². The van der Waals surface area contributed by atoms with Gasteiger partial charge in [-0.15, -0.1) is 0 Å². The first-order chi connectivity index (χ1) is 10.6. The Morgan fingerprint density at radius 1 is 1.32 bits per heavy atom. The third kappa shape index (κ3) is 2.43. The monoisotopic (exact) mass is 317 g/mol. The van der Waals surface area contributed by atoms with Crippen LogP contribution in [0.5, 0.6) is 0 Å². The SMILES string of the molecule is COC(=O)c1cc2cnc(SC)nc2n1-c1ccc(F)cc1. The number of hydrogen-bond acceptors (Lipinski definition) is 5. The highest BCUT2D eigenvalue weighted by Gasteiger charge is 2.19. The number of benzene rings is 1. The smallest absolute Gasteiger partial charge is 0.355 e. The molecule has 2 aromatic heterocycles. The Labute approximate surface area is 130 Å². The Bertz CT molecular complexity index is 846. The van der Waals surface area contributed by atoms with Gasteiger partial charge in [0, 0.05) is 17.3 Å². The number of carbonyl (C=O) groups is 1. The summed E-state index contributed by atoms with van der Waals surface area (Å²) in [5.41, 5.74) is 1.52. The van der Waals surface area contributed by atoms with E-state index >= 15 is 0 Å². The number of carbonyl (C=O) groups excluding carboxylic acids is 1. The van der Waals surface area contributed by atoms with Crippen molar-refractivity contribution in [2.24, 2.45) is 0 Å². The Balaban J connectivity index is 2.31. The highest BCUT2D eigenvalue weighted by atomic mass is 32.2. The number of fused-ring (bicyclic) bond motifs is 1. The van der Waals surface area contributed by atoms with Gasteiger partial charge in [0.2, 0.25) is 0 Å². The van der Waals surface area contributed by atoms with E-state index in [9.17, 15) is 9.18 Å². The summed E-state index contributed by atoms with van der Waals surface area (Å²) in [4.78, 5) is 20.7. The molecular formula is C15H12FN3O2S. The molecule has 0 N–H and O–H groups in total. The number of methoxy groups -OCH3 is 1. The van der Waals surface area contributed by atoms with Gasteiger partial charge in [-0.2, -0.15) is 0 Å². The molecule has 0 atom stereocenters. The van der Waals surface area contributed by atoms with Gasteiger partial charge < -0.3 is 4.74 Å². The minimum absolute atomic E-state index is 0.316. The first kappa shape index (κ1) is 14.5.